The predicted molar refractivity (Wildman–Crippen MR) is 79.5 cm³/mol. The molecule has 0 bridgehead atoms. The lowest BCUT2D eigenvalue weighted by molar-refractivity contribution is 0.602. The summed E-state index contributed by atoms with van der Waals surface area (Å²) in [5.74, 6) is -0.243. The maximum atomic E-state index is 13.6. The van der Waals surface area contributed by atoms with Gasteiger partial charge in [-0.05, 0) is 35.4 Å². The Hall–Kier alpha value is -2.14. The third-order valence-corrected chi connectivity index (χ3v) is 3.91. The first kappa shape index (κ1) is 12.9. The number of thioether (sulfide) groups is 1. The fraction of sp³-hybridized carbons (Fsp3) is 0.0667. The molecule has 0 unspecified atom stereocenters. The molecule has 5 heteroatoms. The van der Waals surface area contributed by atoms with E-state index in [1.54, 1.807) is 24.5 Å². The number of pyridine rings is 2. The highest BCUT2D eigenvalue weighted by Gasteiger charge is 2.09. The minimum atomic E-state index is -0.243. The quantitative estimate of drug-likeness (QED) is 0.734. The highest BCUT2D eigenvalue weighted by atomic mass is 32.2. The zero-order valence-corrected chi connectivity index (χ0v) is 11.5. The van der Waals surface area contributed by atoms with Crippen LogP contribution in [0.2, 0.25) is 0 Å². The van der Waals surface area contributed by atoms with Gasteiger partial charge in [-0.1, -0.05) is 6.07 Å². The monoisotopic (exact) mass is 286 g/mol. The van der Waals surface area contributed by atoms with Crippen molar-refractivity contribution in [3.05, 3.63) is 59.0 Å². The Morgan fingerprint density at radius 1 is 1.20 bits per heavy atom. The van der Waals surface area contributed by atoms with Gasteiger partial charge in [-0.3, -0.25) is 9.78 Å². The number of hydrogen-bond donors (Lipinski definition) is 1. The highest BCUT2D eigenvalue weighted by molar-refractivity contribution is 7.98. The summed E-state index contributed by atoms with van der Waals surface area (Å²) in [5.41, 5.74) is 1.49. The first-order valence-electron chi connectivity index (χ1n) is 6.00. The number of benzene rings is 1. The number of H-pyrrole nitrogens is 1. The molecule has 0 amide bonds. The van der Waals surface area contributed by atoms with Crippen molar-refractivity contribution in [2.24, 2.45) is 0 Å². The number of nitrogens with one attached hydrogen (secondary N) is 1. The summed E-state index contributed by atoms with van der Waals surface area (Å²) in [6.45, 7) is 0. The molecule has 0 saturated carbocycles. The van der Waals surface area contributed by atoms with E-state index in [2.05, 4.69) is 9.97 Å². The van der Waals surface area contributed by atoms with Crippen molar-refractivity contribution in [3.8, 4) is 11.1 Å². The zero-order chi connectivity index (χ0) is 14.1. The molecule has 0 aliphatic rings. The van der Waals surface area contributed by atoms with Crippen LogP contribution in [0.25, 0.3) is 21.9 Å². The van der Waals surface area contributed by atoms with E-state index in [1.165, 1.54) is 24.0 Å². The molecule has 3 aromatic rings. The summed E-state index contributed by atoms with van der Waals surface area (Å²) < 4.78 is 13.6. The van der Waals surface area contributed by atoms with Crippen molar-refractivity contribution in [1.29, 1.82) is 0 Å². The Balaban J connectivity index is 2.30. The first-order valence-corrected chi connectivity index (χ1v) is 7.22. The van der Waals surface area contributed by atoms with E-state index < -0.39 is 0 Å². The van der Waals surface area contributed by atoms with E-state index in [1.807, 2.05) is 12.3 Å². The lowest BCUT2D eigenvalue weighted by Crippen LogP contribution is -2.05. The van der Waals surface area contributed by atoms with Gasteiger partial charge in [-0.25, -0.2) is 4.39 Å². The number of nitrogens with zero attached hydrogens (tertiary/aromatic N) is 1. The molecular formula is C15H11FN2OS. The molecular weight excluding hydrogens is 275 g/mol. The van der Waals surface area contributed by atoms with Crippen LogP contribution in [0, 0.1) is 5.82 Å². The van der Waals surface area contributed by atoms with Gasteiger partial charge in [-0.15, -0.1) is 11.8 Å². The summed E-state index contributed by atoms with van der Waals surface area (Å²) >= 11 is 1.35. The van der Waals surface area contributed by atoms with Gasteiger partial charge >= 0.3 is 0 Å². The zero-order valence-electron chi connectivity index (χ0n) is 10.7. The van der Waals surface area contributed by atoms with Crippen LogP contribution in [0.5, 0.6) is 0 Å². The van der Waals surface area contributed by atoms with Crippen LogP contribution in [0.4, 0.5) is 4.39 Å². The fourth-order valence-electron chi connectivity index (χ4n) is 2.17. The van der Waals surface area contributed by atoms with Crippen molar-refractivity contribution < 1.29 is 4.39 Å². The minimum Gasteiger partial charge on any atom is -0.329 e. The summed E-state index contributed by atoms with van der Waals surface area (Å²) in [7, 11) is 0. The molecule has 100 valence electrons. The van der Waals surface area contributed by atoms with Crippen LogP contribution in [-0.2, 0) is 0 Å². The molecule has 3 nitrogen and oxygen atoms in total. The fourth-order valence-corrected chi connectivity index (χ4v) is 2.67. The minimum absolute atomic E-state index is 0.177. The SMILES string of the molecule is CSc1cc(-c2cncc3c(=O)[nH]ccc23)ccc1F. The van der Waals surface area contributed by atoms with Gasteiger partial charge in [0.25, 0.3) is 5.56 Å². The first-order chi connectivity index (χ1) is 9.70. The van der Waals surface area contributed by atoms with Crippen LogP contribution < -0.4 is 5.56 Å². The Bertz CT molecular complexity index is 845. The number of rotatable bonds is 2. The lowest BCUT2D eigenvalue weighted by Gasteiger charge is -2.07. The average Bonchev–Trinajstić information content (AvgIpc) is 2.48. The van der Waals surface area contributed by atoms with Gasteiger partial charge in [0.1, 0.15) is 5.82 Å². The maximum absolute atomic E-state index is 13.6. The van der Waals surface area contributed by atoms with Gasteiger partial charge in [0.15, 0.2) is 0 Å². The molecule has 0 aliphatic carbocycles. The van der Waals surface area contributed by atoms with Crippen molar-refractivity contribution >= 4 is 22.5 Å². The Kier molecular flexibility index (Phi) is 3.28. The number of aromatic nitrogens is 2. The van der Waals surface area contributed by atoms with Gasteiger partial charge in [-0.2, -0.15) is 0 Å². The van der Waals surface area contributed by atoms with Crippen LogP contribution >= 0.6 is 11.8 Å². The van der Waals surface area contributed by atoms with E-state index in [9.17, 15) is 9.18 Å². The maximum Gasteiger partial charge on any atom is 0.257 e. The number of aromatic amines is 1. The predicted octanol–water partition coefficient (Wildman–Crippen LogP) is 3.45. The molecule has 20 heavy (non-hydrogen) atoms. The molecule has 3 rings (SSSR count). The molecule has 0 radical (unpaired) electrons. The second kappa shape index (κ2) is 5.09. The second-order valence-corrected chi connectivity index (χ2v) is 5.15. The van der Waals surface area contributed by atoms with Crippen molar-refractivity contribution in [2.75, 3.05) is 6.26 Å². The molecule has 0 saturated heterocycles. The molecule has 1 N–H and O–H groups in total. The third kappa shape index (κ3) is 2.10. The van der Waals surface area contributed by atoms with E-state index in [0.717, 1.165) is 16.5 Å². The number of halogens is 1. The van der Waals surface area contributed by atoms with Gasteiger partial charge in [0.2, 0.25) is 0 Å². The van der Waals surface area contributed by atoms with Gasteiger partial charge in [0.05, 0.1) is 5.39 Å². The summed E-state index contributed by atoms with van der Waals surface area (Å²) in [6.07, 6.45) is 6.66. The standard InChI is InChI=1S/C15H11FN2OS/c1-20-14-6-9(2-3-13(14)16)11-7-17-8-12-10(11)4-5-18-15(12)19/h2-8H,1H3,(H,18,19). The topological polar surface area (TPSA) is 45.8 Å². The van der Waals surface area contributed by atoms with Crippen LogP contribution in [-0.4, -0.2) is 16.2 Å². The van der Waals surface area contributed by atoms with Crippen molar-refractivity contribution in [1.82, 2.24) is 9.97 Å². The number of hydrogen-bond acceptors (Lipinski definition) is 3. The van der Waals surface area contributed by atoms with E-state index in [-0.39, 0.29) is 11.4 Å². The van der Waals surface area contributed by atoms with E-state index in [0.29, 0.717) is 10.3 Å². The molecule has 0 fully saturated rings. The van der Waals surface area contributed by atoms with E-state index in [4.69, 9.17) is 0 Å². The van der Waals surface area contributed by atoms with Gasteiger partial charge < -0.3 is 4.98 Å². The summed E-state index contributed by atoms with van der Waals surface area (Å²) in [6, 6.07) is 6.74. The Morgan fingerprint density at radius 3 is 2.85 bits per heavy atom. The van der Waals surface area contributed by atoms with E-state index >= 15 is 0 Å². The molecule has 2 heterocycles. The smallest absolute Gasteiger partial charge is 0.257 e. The third-order valence-electron chi connectivity index (χ3n) is 3.16. The average molecular weight is 286 g/mol. The summed E-state index contributed by atoms with van der Waals surface area (Å²) in [5, 5.41) is 1.34. The van der Waals surface area contributed by atoms with Crippen molar-refractivity contribution in [3.63, 3.8) is 0 Å². The molecule has 0 spiro atoms. The Labute approximate surface area is 118 Å². The normalized spacial score (nSPS) is 10.9. The lowest BCUT2D eigenvalue weighted by atomic mass is 10.0. The number of fused-ring (bicyclic) bond motifs is 1. The Morgan fingerprint density at radius 2 is 2.05 bits per heavy atom. The van der Waals surface area contributed by atoms with Crippen LogP contribution in [0.15, 0.2) is 52.5 Å². The van der Waals surface area contributed by atoms with Crippen LogP contribution in [0.3, 0.4) is 0 Å². The van der Waals surface area contributed by atoms with Crippen LogP contribution in [0.1, 0.15) is 0 Å². The molecule has 0 aliphatic heterocycles. The second-order valence-electron chi connectivity index (χ2n) is 4.30. The van der Waals surface area contributed by atoms with Gasteiger partial charge in [0, 0.05) is 29.0 Å². The molecule has 2 aromatic heterocycles. The molecule has 0 atom stereocenters. The largest absolute Gasteiger partial charge is 0.329 e. The van der Waals surface area contributed by atoms with Crippen molar-refractivity contribution in [2.45, 2.75) is 4.90 Å². The summed E-state index contributed by atoms with van der Waals surface area (Å²) in [4.78, 5) is 19.1. The molecule has 1 aromatic carbocycles. The highest BCUT2D eigenvalue weighted by Crippen LogP contribution is 2.30.